The molecule has 0 amide bonds. The van der Waals surface area contributed by atoms with Gasteiger partial charge in [-0.1, -0.05) is 0 Å². The van der Waals surface area contributed by atoms with Crippen LogP contribution in [0.15, 0.2) is 23.1 Å². The lowest BCUT2D eigenvalue weighted by Crippen LogP contribution is -2.39. The molecule has 1 aromatic rings. The van der Waals surface area contributed by atoms with Gasteiger partial charge in [-0.2, -0.15) is 0 Å². The van der Waals surface area contributed by atoms with Crippen LogP contribution in [0.4, 0.5) is 0 Å². The molecule has 114 valence electrons. The molecule has 1 aromatic carbocycles. The Morgan fingerprint density at radius 1 is 1.33 bits per heavy atom. The highest BCUT2D eigenvalue weighted by atomic mass is 32.2. The summed E-state index contributed by atoms with van der Waals surface area (Å²) in [5.74, 6) is -0.448. The van der Waals surface area contributed by atoms with Crippen molar-refractivity contribution in [3.05, 3.63) is 23.8 Å². The lowest BCUT2D eigenvalue weighted by molar-refractivity contribution is -0.174. The zero-order chi connectivity index (χ0) is 15.0. The number of nitrogens with two attached hydrogens (primary N) is 1. The van der Waals surface area contributed by atoms with Crippen LogP contribution >= 0.6 is 0 Å². The molecule has 0 aromatic heterocycles. The third-order valence-corrected chi connectivity index (χ3v) is 4.44. The lowest BCUT2D eigenvalue weighted by Gasteiger charge is -2.30. The second-order valence-electron chi connectivity index (χ2n) is 5.03. The highest BCUT2D eigenvalue weighted by Gasteiger charge is 2.33. The Balaban J connectivity index is 1.90. The number of sulfonamides is 1. The molecule has 2 aliphatic rings. The van der Waals surface area contributed by atoms with Crippen molar-refractivity contribution in [2.45, 2.75) is 23.3 Å². The zero-order valence-electron chi connectivity index (χ0n) is 11.2. The van der Waals surface area contributed by atoms with Crippen molar-refractivity contribution in [2.24, 2.45) is 5.14 Å². The maximum absolute atomic E-state index is 12.2. The molecule has 0 radical (unpaired) electrons. The molecular weight excluding hydrogens is 298 g/mol. The van der Waals surface area contributed by atoms with Gasteiger partial charge in [-0.25, -0.2) is 13.6 Å². The van der Waals surface area contributed by atoms with Crippen molar-refractivity contribution in [3.63, 3.8) is 0 Å². The molecule has 1 unspecified atom stereocenters. The summed E-state index contributed by atoms with van der Waals surface area (Å²) >= 11 is 0. The SMILES string of the molecule is NS(=O)(=O)c1ccc2c(c1)C(C(=O)OC1COC1)CCO2. The number of carbonyl (C=O) groups is 1. The number of benzene rings is 1. The Kier molecular flexibility index (Phi) is 3.60. The van der Waals surface area contributed by atoms with Crippen LogP contribution in [0, 0.1) is 0 Å². The molecule has 0 aliphatic carbocycles. The third-order valence-electron chi connectivity index (χ3n) is 3.52. The van der Waals surface area contributed by atoms with E-state index >= 15 is 0 Å². The Morgan fingerprint density at radius 2 is 2.10 bits per heavy atom. The van der Waals surface area contributed by atoms with Gasteiger partial charge in [-0.05, 0) is 24.6 Å². The molecule has 1 saturated heterocycles. The molecular formula is C13H15NO6S. The predicted molar refractivity (Wildman–Crippen MR) is 71.4 cm³/mol. The van der Waals surface area contributed by atoms with Gasteiger partial charge in [0.25, 0.3) is 0 Å². The molecule has 2 heterocycles. The minimum Gasteiger partial charge on any atom is -0.493 e. The summed E-state index contributed by atoms with van der Waals surface area (Å²) in [6.07, 6.45) is 0.221. The number of ether oxygens (including phenoxy) is 3. The first kappa shape index (κ1) is 14.3. The van der Waals surface area contributed by atoms with E-state index in [0.29, 0.717) is 37.6 Å². The van der Waals surface area contributed by atoms with Crippen LogP contribution in [-0.4, -0.2) is 40.3 Å². The van der Waals surface area contributed by atoms with Crippen LogP contribution < -0.4 is 9.88 Å². The molecule has 7 nitrogen and oxygen atoms in total. The summed E-state index contributed by atoms with van der Waals surface area (Å²) in [4.78, 5) is 12.2. The van der Waals surface area contributed by atoms with Gasteiger partial charge in [0.05, 0.1) is 30.6 Å². The molecule has 1 fully saturated rings. The average Bonchev–Trinajstić information content (AvgIpc) is 2.40. The summed E-state index contributed by atoms with van der Waals surface area (Å²) < 4.78 is 38.6. The van der Waals surface area contributed by atoms with Crippen molar-refractivity contribution < 1.29 is 27.4 Å². The number of fused-ring (bicyclic) bond motifs is 1. The molecule has 2 N–H and O–H groups in total. The third kappa shape index (κ3) is 2.87. The Bertz CT molecular complexity index is 667. The minimum atomic E-state index is -3.83. The lowest BCUT2D eigenvalue weighted by atomic mass is 9.93. The number of hydrogen-bond donors (Lipinski definition) is 1. The van der Waals surface area contributed by atoms with Crippen molar-refractivity contribution in [2.75, 3.05) is 19.8 Å². The largest absolute Gasteiger partial charge is 0.493 e. The molecule has 0 spiro atoms. The van der Waals surface area contributed by atoms with Crippen LogP contribution in [0.2, 0.25) is 0 Å². The van der Waals surface area contributed by atoms with E-state index in [9.17, 15) is 13.2 Å². The molecule has 21 heavy (non-hydrogen) atoms. The summed E-state index contributed by atoms with van der Waals surface area (Å²) in [6.45, 7) is 1.18. The van der Waals surface area contributed by atoms with Gasteiger partial charge in [-0.15, -0.1) is 0 Å². The Labute approximate surface area is 122 Å². The van der Waals surface area contributed by atoms with Crippen molar-refractivity contribution >= 4 is 16.0 Å². The van der Waals surface area contributed by atoms with Crippen LogP contribution in [0.1, 0.15) is 17.9 Å². The number of primary sulfonamides is 1. The normalized spacial score (nSPS) is 21.9. The smallest absolute Gasteiger partial charge is 0.314 e. The average molecular weight is 313 g/mol. The quantitative estimate of drug-likeness (QED) is 0.796. The number of carbonyl (C=O) groups excluding carboxylic acids is 1. The topological polar surface area (TPSA) is 105 Å². The first-order valence-electron chi connectivity index (χ1n) is 6.53. The second kappa shape index (κ2) is 5.28. The molecule has 0 saturated carbocycles. The standard InChI is InChI=1S/C13H15NO6S/c14-21(16,17)9-1-2-12-11(5-9)10(3-4-19-12)13(15)20-8-6-18-7-8/h1-2,5,8,10H,3-4,6-7H2,(H2,14,16,17). The van der Waals surface area contributed by atoms with E-state index < -0.39 is 15.9 Å². The van der Waals surface area contributed by atoms with Crippen LogP contribution in [0.25, 0.3) is 0 Å². The number of hydrogen-bond acceptors (Lipinski definition) is 6. The van der Waals surface area contributed by atoms with E-state index in [0.717, 1.165) is 0 Å². The Morgan fingerprint density at radius 3 is 2.71 bits per heavy atom. The number of rotatable bonds is 3. The Hall–Kier alpha value is -1.64. The van der Waals surface area contributed by atoms with Gasteiger partial charge < -0.3 is 14.2 Å². The summed E-state index contributed by atoms with van der Waals surface area (Å²) in [7, 11) is -3.83. The highest BCUT2D eigenvalue weighted by Crippen LogP contribution is 2.36. The maximum Gasteiger partial charge on any atom is 0.314 e. The van der Waals surface area contributed by atoms with Gasteiger partial charge in [0, 0.05) is 5.56 Å². The van der Waals surface area contributed by atoms with Crippen molar-refractivity contribution in [3.8, 4) is 5.75 Å². The first-order chi connectivity index (χ1) is 9.95. The maximum atomic E-state index is 12.2. The van der Waals surface area contributed by atoms with E-state index in [4.69, 9.17) is 19.3 Å². The molecule has 8 heteroatoms. The van der Waals surface area contributed by atoms with Crippen LogP contribution in [0.3, 0.4) is 0 Å². The van der Waals surface area contributed by atoms with Gasteiger partial charge in [0.15, 0.2) is 0 Å². The van der Waals surface area contributed by atoms with Crippen LogP contribution in [0.5, 0.6) is 5.75 Å². The van der Waals surface area contributed by atoms with Crippen LogP contribution in [-0.2, 0) is 24.3 Å². The van der Waals surface area contributed by atoms with E-state index in [1.165, 1.54) is 18.2 Å². The fourth-order valence-electron chi connectivity index (χ4n) is 2.32. The predicted octanol–water partition coefficient (Wildman–Crippen LogP) is 0.142. The highest BCUT2D eigenvalue weighted by molar-refractivity contribution is 7.89. The fourth-order valence-corrected chi connectivity index (χ4v) is 2.87. The minimum absolute atomic E-state index is 0.0449. The summed E-state index contributed by atoms with van der Waals surface area (Å²) in [5, 5.41) is 5.12. The van der Waals surface area contributed by atoms with Gasteiger partial charge in [-0.3, -0.25) is 4.79 Å². The molecule has 0 bridgehead atoms. The van der Waals surface area contributed by atoms with E-state index in [-0.39, 0.29) is 17.0 Å². The number of esters is 1. The second-order valence-corrected chi connectivity index (χ2v) is 6.59. The van der Waals surface area contributed by atoms with Gasteiger partial charge in [0.2, 0.25) is 10.0 Å². The van der Waals surface area contributed by atoms with E-state index in [1.807, 2.05) is 0 Å². The monoisotopic (exact) mass is 313 g/mol. The fraction of sp³-hybridized carbons (Fsp3) is 0.462. The molecule has 2 aliphatic heterocycles. The van der Waals surface area contributed by atoms with Crippen molar-refractivity contribution in [1.82, 2.24) is 0 Å². The van der Waals surface area contributed by atoms with E-state index in [1.54, 1.807) is 0 Å². The molecule has 1 atom stereocenters. The zero-order valence-corrected chi connectivity index (χ0v) is 12.0. The molecule has 3 rings (SSSR count). The van der Waals surface area contributed by atoms with E-state index in [2.05, 4.69) is 0 Å². The summed E-state index contributed by atoms with van der Waals surface area (Å²) in [6, 6.07) is 4.26. The first-order valence-corrected chi connectivity index (χ1v) is 8.07. The van der Waals surface area contributed by atoms with Gasteiger partial charge in [0.1, 0.15) is 11.9 Å². The van der Waals surface area contributed by atoms with Crippen molar-refractivity contribution in [1.29, 1.82) is 0 Å². The summed E-state index contributed by atoms with van der Waals surface area (Å²) in [5.41, 5.74) is 0.498. The van der Waals surface area contributed by atoms with Gasteiger partial charge >= 0.3 is 5.97 Å².